The fourth-order valence-corrected chi connectivity index (χ4v) is 1.64. The Morgan fingerprint density at radius 1 is 1.59 bits per heavy atom. The third-order valence-electron chi connectivity index (χ3n) is 3.20. The second-order valence-electron chi connectivity index (χ2n) is 4.94. The monoisotopic (exact) mass is 237 g/mol. The van der Waals surface area contributed by atoms with Gasteiger partial charge in [-0.25, -0.2) is 4.98 Å². The van der Waals surface area contributed by atoms with E-state index in [0.29, 0.717) is 17.6 Å². The Morgan fingerprint density at radius 3 is 2.82 bits per heavy atom. The molecule has 0 aliphatic heterocycles. The molecule has 94 valence electrons. The van der Waals surface area contributed by atoms with Crippen molar-refractivity contribution in [1.29, 1.82) is 0 Å². The van der Waals surface area contributed by atoms with Gasteiger partial charge in [-0.1, -0.05) is 13.8 Å². The summed E-state index contributed by atoms with van der Waals surface area (Å²) in [5, 5.41) is 2.91. The second kappa shape index (κ2) is 4.87. The Morgan fingerprint density at radius 2 is 2.29 bits per heavy atom. The lowest BCUT2D eigenvalue weighted by molar-refractivity contribution is 0.0912. The molecule has 1 amide bonds. The van der Waals surface area contributed by atoms with Crippen molar-refractivity contribution in [3.63, 3.8) is 0 Å². The van der Waals surface area contributed by atoms with E-state index in [2.05, 4.69) is 10.3 Å². The maximum atomic E-state index is 11.8. The lowest BCUT2D eigenvalue weighted by Crippen LogP contribution is -2.39. The summed E-state index contributed by atoms with van der Waals surface area (Å²) in [4.78, 5) is 15.9. The Labute approximate surface area is 101 Å². The van der Waals surface area contributed by atoms with Crippen molar-refractivity contribution in [3.8, 4) is 0 Å². The van der Waals surface area contributed by atoms with Crippen LogP contribution in [-0.4, -0.2) is 16.9 Å². The molecule has 1 aromatic rings. The first-order chi connectivity index (χ1) is 8.08. The number of carbonyl (C=O) groups is 1. The Hall–Kier alpha value is -1.36. The molecule has 2 rings (SSSR count). The van der Waals surface area contributed by atoms with Gasteiger partial charge in [-0.3, -0.25) is 4.79 Å². The SMILES string of the molecule is CC(C)C(N)c1nc(C(=O)NC2CCC2)co1. The highest BCUT2D eigenvalue weighted by atomic mass is 16.3. The molecule has 17 heavy (non-hydrogen) atoms. The molecule has 5 nitrogen and oxygen atoms in total. The zero-order valence-corrected chi connectivity index (χ0v) is 10.3. The van der Waals surface area contributed by atoms with Crippen molar-refractivity contribution in [1.82, 2.24) is 10.3 Å². The van der Waals surface area contributed by atoms with E-state index < -0.39 is 0 Å². The van der Waals surface area contributed by atoms with E-state index in [0.717, 1.165) is 12.8 Å². The van der Waals surface area contributed by atoms with Crippen molar-refractivity contribution >= 4 is 5.91 Å². The smallest absolute Gasteiger partial charge is 0.273 e. The minimum absolute atomic E-state index is 0.166. The summed E-state index contributed by atoms with van der Waals surface area (Å²) < 4.78 is 5.25. The summed E-state index contributed by atoms with van der Waals surface area (Å²) in [6.07, 6.45) is 4.68. The van der Waals surface area contributed by atoms with Crippen LogP contribution in [-0.2, 0) is 0 Å². The van der Waals surface area contributed by atoms with Gasteiger partial charge in [0, 0.05) is 6.04 Å². The van der Waals surface area contributed by atoms with E-state index in [4.69, 9.17) is 10.2 Å². The molecular weight excluding hydrogens is 218 g/mol. The number of rotatable bonds is 4. The first-order valence-electron chi connectivity index (χ1n) is 6.10. The average molecular weight is 237 g/mol. The van der Waals surface area contributed by atoms with E-state index in [-0.39, 0.29) is 17.9 Å². The predicted molar refractivity (Wildman–Crippen MR) is 63.4 cm³/mol. The van der Waals surface area contributed by atoms with E-state index in [1.165, 1.54) is 12.7 Å². The number of hydrogen-bond donors (Lipinski definition) is 2. The maximum absolute atomic E-state index is 11.8. The summed E-state index contributed by atoms with van der Waals surface area (Å²) in [7, 11) is 0. The van der Waals surface area contributed by atoms with Crippen molar-refractivity contribution < 1.29 is 9.21 Å². The maximum Gasteiger partial charge on any atom is 0.273 e. The summed E-state index contributed by atoms with van der Waals surface area (Å²) in [6, 6.07) is 0.0432. The molecule has 1 aliphatic carbocycles. The van der Waals surface area contributed by atoms with E-state index >= 15 is 0 Å². The van der Waals surface area contributed by atoms with Crippen LogP contribution in [0.25, 0.3) is 0 Å². The van der Waals surface area contributed by atoms with Gasteiger partial charge >= 0.3 is 0 Å². The summed E-state index contributed by atoms with van der Waals surface area (Å²) >= 11 is 0. The minimum atomic E-state index is -0.264. The highest BCUT2D eigenvalue weighted by Crippen LogP contribution is 2.20. The molecule has 3 N–H and O–H groups in total. The van der Waals surface area contributed by atoms with Gasteiger partial charge < -0.3 is 15.5 Å². The minimum Gasteiger partial charge on any atom is -0.446 e. The van der Waals surface area contributed by atoms with Crippen molar-refractivity contribution in [3.05, 3.63) is 17.8 Å². The third kappa shape index (κ3) is 2.66. The van der Waals surface area contributed by atoms with Gasteiger partial charge in [0.1, 0.15) is 6.26 Å². The lowest BCUT2D eigenvalue weighted by atomic mass is 9.93. The van der Waals surface area contributed by atoms with Gasteiger partial charge in [-0.2, -0.15) is 0 Å². The highest BCUT2D eigenvalue weighted by Gasteiger charge is 2.23. The Bertz CT molecular complexity index is 396. The highest BCUT2D eigenvalue weighted by molar-refractivity contribution is 5.92. The summed E-state index contributed by atoms with van der Waals surface area (Å²) in [6.45, 7) is 3.98. The van der Waals surface area contributed by atoms with E-state index in [1.54, 1.807) is 0 Å². The number of nitrogens with two attached hydrogens (primary N) is 1. The van der Waals surface area contributed by atoms with Crippen molar-refractivity contribution in [2.45, 2.75) is 45.2 Å². The molecule has 5 heteroatoms. The van der Waals surface area contributed by atoms with Gasteiger partial charge in [-0.05, 0) is 25.2 Å². The quantitative estimate of drug-likeness (QED) is 0.833. The number of amides is 1. The van der Waals surface area contributed by atoms with Gasteiger partial charge in [0.2, 0.25) is 5.89 Å². The average Bonchev–Trinajstić information content (AvgIpc) is 2.71. The number of carbonyl (C=O) groups excluding carboxylic acids is 1. The van der Waals surface area contributed by atoms with Crippen LogP contribution in [0, 0.1) is 5.92 Å². The predicted octanol–water partition coefficient (Wildman–Crippen LogP) is 1.61. The second-order valence-corrected chi connectivity index (χ2v) is 4.94. The van der Waals surface area contributed by atoms with Gasteiger partial charge in [-0.15, -0.1) is 0 Å². The van der Waals surface area contributed by atoms with Gasteiger partial charge in [0.05, 0.1) is 6.04 Å². The molecule has 1 aliphatic rings. The van der Waals surface area contributed by atoms with Crippen LogP contribution in [0.3, 0.4) is 0 Å². The molecule has 0 bridgehead atoms. The van der Waals surface area contributed by atoms with Crippen molar-refractivity contribution in [2.75, 3.05) is 0 Å². The van der Waals surface area contributed by atoms with E-state index in [1.807, 2.05) is 13.8 Å². The zero-order valence-electron chi connectivity index (χ0n) is 10.3. The Balaban J connectivity index is 1.99. The van der Waals surface area contributed by atoms with Crippen LogP contribution < -0.4 is 11.1 Å². The van der Waals surface area contributed by atoms with Crippen LogP contribution in [0.2, 0.25) is 0 Å². The topological polar surface area (TPSA) is 81.1 Å². The van der Waals surface area contributed by atoms with Crippen LogP contribution in [0.5, 0.6) is 0 Å². The fraction of sp³-hybridized carbons (Fsp3) is 0.667. The van der Waals surface area contributed by atoms with Crippen molar-refractivity contribution in [2.24, 2.45) is 11.7 Å². The third-order valence-corrected chi connectivity index (χ3v) is 3.20. The van der Waals surface area contributed by atoms with Crippen LogP contribution in [0.1, 0.15) is 55.5 Å². The normalized spacial score (nSPS) is 17.9. The molecule has 1 fully saturated rings. The number of oxazole rings is 1. The number of nitrogens with one attached hydrogen (secondary N) is 1. The molecule has 1 atom stereocenters. The number of aromatic nitrogens is 1. The van der Waals surface area contributed by atoms with Gasteiger partial charge in [0.15, 0.2) is 5.69 Å². The number of nitrogens with zero attached hydrogens (tertiary/aromatic N) is 1. The Kier molecular flexibility index (Phi) is 3.47. The molecule has 1 aromatic heterocycles. The number of hydrogen-bond acceptors (Lipinski definition) is 4. The molecule has 0 spiro atoms. The first-order valence-corrected chi connectivity index (χ1v) is 6.10. The first kappa shape index (κ1) is 12.1. The van der Waals surface area contributed by atoms with Crippen LogP contribution >= 0.6 is 0 Å². The van der Waals surface area contributed by atoms with Crippen LogP contribution in [0.15, 0.2) is 10.7 Å². The molecule has 1 unspecified atom stereocenters. The van der Waals surface area contributed by atoms with Gasteiger partial charge in [0.25, 0.3) is 5.91 Å². The fourth-order valence-electron chi connectivity index (χ4n) is 1.64. The largest absolute Gasteiger partial charge is 0.446 e. The summed E-state index contributed by atoms with van der Waals surface area (Å²) in [5.74, 6) is 0.496. The molecule has 0 radical (unpaired) electrons. The van der Waals surface area contributed by atoms with E-state index in [9.17, 15) is 4.79 Å². The zero-order chi connectivity index (χ0) is 12.4. The molecule has 1 saturated carbocycles. The lowest BCUT2D eigenvalue weighted by Gasteiger charge is -2.25. The molecule has 0 saturated heterocycles. The summed E-state index contributed by atoms with van der Waals surface area (Å²) in [5.41, 5.74) is 6.22. The standard InChI is InChI=1S/C12H19N3O2/c1-7(2)10(13)12-15-9(6-17-12)11(16)14-8-4-3-5-8/h6-8,10H,3-5,13H2,1-2H3,(H,14,16). The molecule has 0 aromatic carbocycles. The molecular formula is C12H19N3O2. The van der Waals surface area contributed by atoms with Crippen LogP contribution in [0.4, 0.5) is 0 Å². The molecule has 1 heterocycles.